The van der Waals surface area contributed by atoms with Crippen LogP contribution in [-0.2, 0) is 0 Å². The average Bonchev–Trinajstić information content (AvgIpc) is 2.77. The lowest BCUT2D eigenvalue weighted by Gasteiger charge is -2.26. The lowest BCUT2D eigenvalue weighted by atomic mass is 10.4. The van der Waals surface area contributed by atoms with E-state index in [1.54, 1.807) is 29.3 Å². The molecule has 0 fully saturated rings. The number of hydrogen-bond acceptors (Lipinski definition) is 6. The van der Waals surface area contributed by atoms with E-state index in [9.17, 15) is 0 Å². The lowest BCUT2D eigenvalue weighted by molar-refractivity contribution is 0.373. The van der Waals surface area contributed by atoms with Crippen molar-refractivity contribution >= 4 is 17.3 Å². The second-order valence-electron chi connectivity index (χ2n) is 2.78. The standard InChI is InChI=1S/C7H7N5OS/c1-13-7-10-6-9-4(12(6)11-7)5-8-2-3-14-5/h2-4H,1H3,(H,9,10,11). The largest absolute Gasteiger partial charge is 0.466 e. The summed E-state index contributed by atoms with van der Waals surface area (Å²) in [6.07, 6.45) is 1.79. The third-order valence-corrected chi connectivity index (χ3v) is 2.82. The van der Waals surface area contributed by atoms with Crippen molar-refractivity contribution in [2.75, 3.05) is 12.4 Å². The molecule has 1 aliphatic rings. The molecule has 1 N–H and O–H groups in total. The summed E-state index contributed by atoms with van der Waals surface area (Å²) >= 11 is 1.58. The van der Waals surface area contributed by atoms with Crippen LogP contribution < -0.4 is 10.1 Å². The van der Waals surface area contributed by atoms with E-state index in [1.807, 2.05) is 5.38 Å². The number of rotatable bonds is 2. The van der Waals surface area contributed by atoms with Crippen LogP contribution in [0.25, 0.3) is 0 Å². The maximum Gasteiger partial charge on any atom is 0.337 e. The number of nitrogens with zero attached hydrogens (tertiary/aromatic N) is 4. The molecule has 0 bridgehead atoms. The second-order valence-corrected chi connectivity index (χ2v) is 3.71. The van der Waals surface area contributed by atoms with Gasteiger partial charge in [-0.15, -0.1) is 16.4 Å². The molecule has 1 atom stereocenters. The first-order valence-corrected chi connectivity index (χ1v) is 4.93. The Hall–Kier alpha value is -1.63. The minimum absolute atomic E-state index is 0.0152. The topological polar surface area (TPSA) is 64.9 Å². The van der Waals surface area contributed by atoms with Gasteiger partial charge in [0.05, 0.1) is 7.11 Å². The van der Waals surface area contributed by atoms with Crippen molar-refractivity contribution in [3.8, 4) is 6.01 Å². The van der Waals surface area contributed by atoms with Crippen LogP contribution in [0.1, 0.15) is 11.2 Å². The van der Waals surface area contributed by atoms with Gasteiger partial charge in [-0.2, -0.15) is 9.67 Å². The Morgan fingerprint density at radius 2 is 2.57 bits per heavy atom. The molecular weight excluding hydrogens is 202 g/mol. The molecule has 72 valence electrons. The van der Waals surface area contributed by atoms with E-state index in [-0.39, 0.29) is 6.17 Å². The zero-order valence-electron chi connectivity index (χ0n) is 7.34. The SMILES string of the molecule is COc1nc2n(n1)C(c1nccs1)N2. The number of thiazole rings is 1. The lowest BCUT2D eigenvalue weighted by Crippen LogP contribution is -2.32. The summed E-state index contributed by atoms with van der Waals surface area (Å²) in [7, 11) is 1.55. The third-order valence-electron chi connectivity index (χ3n) is 1.99. The Morgan fingerprint density at radius 3 is 3.29 bits per heavy atom. The molecule has 0 aromatic carbocycles. The number of hydrogen-bond donors (Lipinski definition) is 1. The van der Waals surface area contributed by atoms with Crippen LogP contribution in [0, 0.1) is 0 Å². The van der Waals surface area contributed by atoms with Gasteiger partial charge in [0.1, 0.15) is 5.01 Å². The molecule has 6 nitrogen and oxygen atoms in total. The average molecular weight is 209 g/mol. The molecule has 14 heavy (non-hydrogen) atoms. The van der Waals surface area contributed by atoms with Crippen LogP contribution in [0.4, 0.5) is 5.95 Å². The number of ether oxygens (including phenoxy) is 1. The first kappa shape index (κ1) is 7.74. The third kappa shape index (κ3) is 0.925. The Bertz CT molecular complexity index is 451. The number of aromatic nitrogens is 4. The summed E-state index contributed by atoms with van der Waals surface area (Å²) in [5.74, 6) is 0.724. The number of fused-ring (bicyclic) bond motifs is 1. The van der Waals surface area contributed by atoms with Crippen LogP contribution in [0.3, 0.4) is 0 Å². The smallest absolute Gasteiger partial charge is 0.337 e. The van der Waals surface area contributed by atoms with Crippen LogP contribution in [-0.4, -0.2) is 26.9 Å². The predicted molar refractivity (Wildman–Crippen MR) is 50.4 cm³/mol. The van der Waals surface area contributed by atoms with Gasteiger partial charge in [-0.05, 0) is 0 Å². The van der Waals surface area contributed by atoms with Gasteiger partial charge in [0.25, 0.3) is 0 Å². The van der Waals surface area contributed by atoms with Crippen molar-refractivity contribution in [2.24, 2.45) is 0 Å². The monoisotopic (exact) mass is 209 g/mol. The van der Waals surface area contributed by atoms with Crippen molar-refractivity contribution in [3.05, 3.63) is 16.6 Å². The first-order valence-electron chi connectivity index (χ1n) is 4.05. The highest BCUT2D eigenvalue weighted by Gasteiger charge is 2.32. The molecule has 3 heterocycles. The molecule has 2 aromatic rings. The summed E-state index contributed by atoms with van der Waals surface area (Å²) in [5.41, 5.74) is 0. The Morgan fingerprint density at radius 1 is 1.64 bits per heavy atom. The van der Waals surface area contributed by atoms with Gasteiger partial charge in [-0.25, -0.2) is 4.98 Å². The van der Waals surface area contributed by atoms with Crippen molar-refractivity contribution in [1.82, 2.24) is 19.7 Å². The van der Waals surface area contributed by atoms with Crippen molar-refractivity contribution in [2.45, 2.75) is 6.17 Å². The molecule has 7 heteroatoms. The summed E-state index contributed by atoms with van der Waals surface area (Å²) in [4.78, 5) is 8.27. The maximum atomic E-state index is 4.92. The highest BCUT2D eigenvalue weighted by molar-refractivity contribution is 7.09. The molecule has 1 aliphatic heterocycles. The summed E-state index contributed by atoms with van der Waals surface area (Å²) in [5, 5.41) is 10.2. The van der Waals surface area contributed by atoms with Gasteiger partial charge >= 0.3 is 6.01 Å². The zero-order valence-corrected chi connectivity index (χ0v) is 8.15. The quantitative estimate of drug-likeness (QED) is 0.789. The van der Waals surface area contributed by atoms with Crippen molar-refractivity contribution < 1.29 is 4.74 Å². The van der Waals surface area contributed by atoms with Crippen molar-refractivity contribution in [3.63, 3.8) is 0 Å². The van der Waals surface area contributed by atoms with Gasteiger partial charge < -0.3 is 10.1 Å². The Kier molecular flexibility index (Phi) is 1.48. The minimum atomic E-state index is 0.0152. The highest BCUT2D eigenvalue weighted by Crippen LogP contribution is 2.32. The van der Waals surface area contributed by atoms with E-state index in [4.69, 9.17) is 4.74 Å². The van der Waals surface area contributed by atoms with E-state index in [2.05, 4.69) is 20.4 Å². The molecule has 1 unspecified atom stereocenters. The van der Waals surface area contributed by atoms with Gasteiger partial charge in [-0.1, -0.05) is 0 Å². The van der Waals surface area contributed by atoms with Crippen LogP contribution in [0.5, 0.6) is 6.01 Å². The molecule has 3 rings (SSSR count). The van der Waals surface area contributed by atoms with E-state index in [0.29, 0.717) is 6.01 Å². The summed E-state index contributed by atoms with van der Waals surface area (Å²) in [6.45, 7) is 0. The minimum Gasteiger partial charge on any atom is -0.466 e. The summed E-state index contributed by atoms with van der Waals surface area (Å²) in [6, 6.07) is 0.381. The molecule has 0 amide bonds. The molecule has 0 saturated heterocycles. The number of methoxy groups -OCH3 is 1. The normalized spacial score (nSPS) is 18.2. The van der Waals surface area contributed by atoms with Gasteiger partial charge in [0.2, 0.25) is 5.95 Å². The molecular formula is C7H7N5OS. The number of nitrogens with one attached hydrogen (secondary N) is 1. The fraction of sp³-hybridized carbons (Fsp3) is 0.286. The maximum absolute atomic E-state index is 4.92. The highest BCUT2D eigenvalue weighted by atomic mass is 32.1. The summed E-state index contributed by atoms with van der Waals surface area (Å²) < 4.78 is 6.68. The van der Waals surface area contributed by atoms with E-state index >= 15 is 0 Å². The van der Waals surface area contributed by atoms with Gasteiger partial charge in [0, 0.05) is 11.6 Å². The van der Waals surface area contributed by atoms with Crippen LogP contribution in [0.2, 0.25) is 0 Å². The van der Waals surface area contributed by atoms with Crippen LogP contribution in [0.15, 0.2) is 11.6 Å². The molecule has 0 radical (unpaired) electrons. The Balaban J connectivity index is 1.95. The van der Waals surface area contributed by atoms with E-state index in [0.717, 1.165) is 11.0 Å². The molecule has 0 spiro atoms. The Labute approximate surface area is 83.6 Å². The zero-order chi connectivity index (χ0) is 9.54. The van der Waals surface area contributed by atoms with Crippen LogP contribution >= 0.6 is 11.3 Å². The van der Waals surface area contributed by atoms with E-state index in [1.165, 1.54) is 0 Å². The first-order chi connectivity index (χ1) is 6.88. The number of anilines is 1. The molecule has 0 aliphatic carbocycles. The molecule has 0 saturated carbocycles. The molecule has 2 aromatic heterocycles. The van der Waals surface area contributed by atoms with Gasteiger partial charge in [-0.3, -0.25) is 0 Å². The fourth-order valence-corrected chi connectivity index (χ4v) is 1.99. The predicted octanol–water partition coefficient (Wildman–Crippen LogP) is 0.716. The van der Waals surface area contributed by atoms with Gasteiger partial charge in [0.15, 0.2) is 6.17 Å². The fourth-order valence-electron chi connectivity index (χ4n) is 1.32. The van der Waals surface area contributed by atoms with Crippen molar-refractivity contribution in [1.29, 1.82) is 0 Å². The second kappa shape index (κ2) is 2.68. The van der Waals surface area contributed by atoms with E-state index < -0.39 is 0 Å².